The number of nitrogens with zero attached hydrogens (tertiary/aromatic N) is 1. The van der Waals surface area contributed by atoms with Crippen LogP contribution in [0.2, 0.25) is 0 Å². The molecule has 1 N–H and O–H groups in total. The van der Waals surface area contributed by atoms with Crippen LogP contribution in [0.1, 0.15) is 24.0 Å². The van der Waals surface area contributed by atoms with Crippen LogP contribution in [0.3, 0.4) is 0 Å². The third kappa shape index (κ3) is 1.57. The lowest BCUT2D eigenvalue weighted by molar-refractivity contribution is 0.101. The maximum Gasteiger partial charge on any atom is 0.0900 e. The van der Waals surface area contributed by atoms with E-state index in [4.69, 9.17) is 4.74 Å². The first kappa shape index (κ1) is 11.7. The van der Waals surface area contributed by atoms with E-state index < -0.39 is 11.5 Å². The van der Waals surface area contributed by atoms with Crippen LogP contribution in [0.15, 0.2) is 24.3 Å². The van der Waals surface area contributed by atoms with E-state index in [0.29, 0.717) is 13.2 Å². The van der Waals surface area contributed by atoms with E-state index in [1.165, 1.54) is 5.56 Å². The second kappa shape index (κ2) is 4.38. The van der Waals surface area contributed by atoms with Gasteiger partial charge in [0.1, 0.15) is 0 Å². The van der Waals surface area contributed by atoms with E-state index in [1.807, 2.05) is 18.2 Å². The van der Waals surface area contributed by atoms with Gasteiger partial charge in [-0.05, 0) is 30.4 Å². The molecule has 3 atom stereocenters. The summed E-state index contributed by atoms with van der Waals surface area (Å²) in [7, 11) is 0. The number of benzene rings is 1. The average Bonchev–Trinajstić information content (AvgIpc) is 2.85. The van der Waals surface area contributed by atoms with Crippen molar-refractivity contribution in [3.63, 3.8) is 0 Å². The Morgan fingerprint density at radius 3 is 2.89 bits per heavy atom. The van der Waals surface area contributed by atoms with Crippen molar-refractivity contribution in [3.8, 4) is 6.07 Å². The van der Waals surface area contributed by atoms with E-state index in [0.717, 1.165) is 24.8 Å². The van der Waals surface area contributed by atoms with E-state index in [1.54, 1.807) is 0 Å². The molecule has 3 rings (SSSR count). The molecule has 0 spiro atoms. The van der Waals surface area contributed by atoms with E-state index in [9.17, 15) is 10.4 Å². The summed E-state index contributed by atoms with van der Waals surface area (Å²) in [6, 6.07) is 10.7. The highest BCUT2D eigenvalue weighted by Crippen LogP contribution is 2.45. The van der Waals surface area contributed by atoms with Crippen LogP contribution >= 0.6 is 0 Å². The fourth-order valence-corrected chi connectivity index (χ4v) is 3.46. The van der Waals surface area contributed by atoms with Crippen molar-refractivity contribution in [2.24, 2.45) is 5.92 Å². The first-order valence-corrected chi connectivity index (χ1v) is 6.53. The van der Waals surface area contributed by atoms with Crippen molar-refractivity contribution in [3.05, 3.63) is 35.4 Å². The molecule has 1 aliphatic heterocycles. The number of ether oxygens (including phenoxy) is 1. The Bertz CT molecular complexity index is 494. The Morgan fingerprint density at radius 2 is 2.17 bits per heavy atom. The van der Waals surface area contributed by atoms with Crippen molar-refractivity contribution in [1.82, 2.24) is 0 Å². The summed E-state index contributed by atoms with van der Waals surface area (Å²) in [4.78, 5) is 0. The van der Waals surface area contributed by atoms with Crippen molar-refractivity contribution in [1.29, 1.82) is 5.26 Å². The van der Waals surface area contributed by atoms with Gasteiger partial charge in [-0.2, -0.15) is 5.26 Å². The van der Waals surface area contributed by atoms with Crippen LogP contribution in [0.5, 0.6) is 0 Å². The first-order valence-electron chi connectivity index (χ1n) is 6.53. The van der Waals surface area contributed by atoms with E-state index in [-0.39, 0.29) is 5.92 Å². The number of hydrogen-bond acceptors (Lipinski definition) is 3. The van der Waals surface area contributed by atoms with Crippen molar-refractivity contribution >= 4 is 0 Å². The minimum Gasteiger partial charge on any atom is -0.390 e. The SMILES string of the molecule is N#CC1(C2COCC2O)CCCc2ccccc21. The van der Waals surface area contributed by atoms with Crippen LogP contribution in [-0.4, -0.2) is 24.4 Å². The molecule has 0 aromatic heterocycles. The number of rotatable bonds is 1. The average molecular weight is 243 g/mol. The summed E-state index contributed by atoms with van der Waals surface area (Å²) in [5, 5.41) is 19.8. The summed E-state index contributed by atoms with van der Waals surface area (Å²) in [6.45, 7) is 0.847. The van der Waals surface area contributed by atoms with Crippen molar-refractivity contribution in [2.45, 2.75) is 30.8 Å². The van der Waals surface area contributed by atoms with Gasteiger partial charge in [0.25, 0.3) is 0 Å². The highest BCUT2D eigenvalue weighted by molar-refractivity contribution is 5.43. The van der Waals surface area contributed by atoms with Gasteiger partial charge in [-0.15, -0.1) is 0 Å². The maximum atomic E-state index is 10.1. The summed E-state index contributed by atoms with van der Waals surface area (Å²) >= 11 is 0. The minimum atomic E-state index is -0.565. The van der Waals surface area contributed by atoms with Gasteiger partial charge in [-0.1, -0.05) is 24.3 Å². The van der Waals surface area contributed by atoms with Gasteiger partial charge in [-0.3, -0.25) is 0 Å². The molecular formula is C15H17NO2. The summed E-state index contributed by atoms with van der Waals surface area (Å²) in [6.07, 6.45) is 2.35. The zero-order chi connectivity index (χ0) is 12.6. The minimum absolute atomic E-state index is 0.0936. The molecule has 3 heteroatoms. The molecule has 1 heterocycles. The molecule has 0 saturated carbocycles. The summed E-state index contributed by atoms with van der Waals surface area (Å²) < 4.78 is 5.36. The lowest BCUT2D eigenvalue weighted by atomic mass is 9.63. The van der Waals surface area contributed by atoms with Gasteiger partial charge in [0.2, 0.25) is 0 Å². The molecule has 2 aliphatic rings. The molecule has 1 aromatic rings. The molecule has 1 saturated heterocycles. The molecule has 0 bridgehead atoms. The van der Waals surface area contributed by atoms with Gasteiger partial charge in [0.15, 0.2) is 0 Å². The predicted molar refractivity (Wildman–Crippen MR) is 67.0 cm³/mol. The summed E-state index contributed by atoms with van der Waals surface area (Å²) in [5.41, 5.74) is 1.79. The Labute approximate surface area is 107 Å². The highest BCUT2D eigenvalue weighted by atomic mass is 16.5. The van der Waals surface area contributed by atoms with Crippen LogP contribution in [-0.2, 0) is 16.6 Å². The fourth-order valence-electron chi connectivity index (χ4n) is 3.46. The lowest BCUT2D eigenvalue weighted by Gasteiger charge is -2.38. The first-order chi connectivity index (χ1) is 8.78. The van der Waals surface area contributed by atoms with Gasteiger partial charge >= 0.3 is 0 Å². The number of aryl methyl sites for hydroxylation is 1. The van der Waals surface area contributed by atoms with Gasteiger partial charge in [-0.25, -0.2) is 0 Å². The van der Waals surface area contributed by atoms with Crippen LogP contribution < -0.4 is 0 Å². The van der Waals surface area contributed by atoms with E-state index >= 15 is 0 Å². The third-order valence-electron chi connectivity index (χ3n) is 4.40. The zero-order valence-corrected chi connectivity index (χ0v) is 10.3. The highest BCUT2D eigenvalue weighted by Gasteiger charge is 2.49. The van der Waals surface area contributed by atoms with Crippen molar-refractivity contribution in [2.75, 3.05) is 13.2 Å². The third-order valence-corrected chi connectivity index (χ3v) is 4.40. The molecule has 0 amide bonds. The second-order valence-electron chi connectivity index (χ2n) is 5.31. The Balaban J connectivity index is 2.10. The molecule has 1 fully saturated rings. The lowest BCUT2D eigenvalue weighted by Crippen LogP contribution is -2.42. The molecule has 3 nitrogen and oxygen atoms in total. The standard InChI is InChI=1S/C15H17NO2/c16-10-15(13-8-18-9-14(13)17)7-3-5-11-4-1-2-6-12(11)15/h1-2,4,6,13-14,17H,3,5,7-9H2. The molecule has 1 aliphatic carbocycles. The normalized spacial score (nSPS) is 34.9. The van der Waals surface area contributed by atoms with Crippen LogP contribution in [0.4, 0.5) is 0 Å². The van der Waals surface area contributed by atoms with Crippen LogP contribution in [0.25, 0.3) is 0 Å². The smallest absolute Gasteiger partial charge is 0.0900 e. The monoisotopic (exact) mass is 243 g/mol. The fraction of sp³-hybridized carbons (Fsp3) is 0.533. The largest absolute Gasteiger partial charge is 0.390 e. The number of fused-ring (bicyclic) bond motifs is 1. The molecular weight excluding hydrogens is 226 g/mol. The topological polar surface area (TPSA) is 53.2 Å². The Morgan fingerprint density at radius 1 is 1.33 bits per heavy atom. The zero-order valence-electron chi connectivity index (χ0n) is 10.3. The maximum absolute atomic E-state index is 10.1. The molecule has 0 radical (unpaired) electrons. The van der Waals surface area contributed by atoms with Gasteiger partial charge < -0.3 is 9.84 Å². The molecule has 1 aromatic carbocycles. The molecule has 18 heavy (non-hydrogen) atoms. The molecule has 3 unspecified atom stereocenters. The number of nitriles is 1. The second-order valence-corrected chi connectivity index (χ2v) is 5.31. The number of aliphatic hydroxyl groups excluding tert-OH is 1. The molecule has 94 valence electrons. The Hall–Kier alpha value is -1.37. The van der Waals surface area contributed by atoms with E-state index in [2.05, 4.69) is 12.1 Å². The van der Waals surface area contributed by atoms with Crippen LogP contribution in [0, 0.1) is 17.2 Å². The Kier molecular flexibility index (Phi) is 2.85. The van der Waals surface area contributed by atoms with Gasteiger partial charge in [0.05, 0.1) is 30.8 Å². The van der Waals surface area contributed by atoms with Gasteiger partial charge in [0, 0.05) is 5.92 Å². The number of hydrogen-bond donors (Lipinski definition) is 1. The number of aliphatic hydroxyl groups is 1. The van der Waals surface area contributed by atoms with Crippen molar-refractivity contribution < 1.29 is 9.84 Å². The quantitative estimate of drug-likeness (QED) is 0.818. The summed E-state index contributed by atoms with van der Waals surface area (Å²) in [5.74, 6) is -0.0936. The predicted octanol–water partition coefficient (Wildman–Crippen LogP) is 1.79.